The van der Waals surface area contributed by atoms with E-state index in [1.165, 1.54) is 3.57 Å². The van der Waals surface area contributed by atoms with Crippen LogP contribution in [0.1, 0.15) is 20.3 Å². The Balaban J connectivity index is 2.15. The molecule has 1 aromatic carbocycles. The summed E-state index contributed by atoms with van der Waals surface area (Å²) in [5, 5.41) is 0. The third kappa shape index (κ3) is 4.09. The number of amides is 1. The van der Waals surface area contributed by atoms with Crippen LogP contribution in [0.15, 0.2) is 48.3 Å². The van der Waals surface area contributed by atoms with Crippen LogP contribution in [0.4, 0.5) is 5.69 Å². The molecule has 3 nitrogen and oxygen atoms in total. The molecule has 0 N–H and O–H groups in total. The number of halogens is 1. The maximum atomic E-state index is 12.1. The number of rotatable bonds is 4. The number of carbonyl (C=O) groups excluding carboxylic acids is 1. The molecule has 0 spiro atoms. The van der Waals surface area contributed by atoms with Crippen LogP contribution >= 0.6 is 22.6 Å². The van der Waals surface area contributed by atoms with Crippen molar-refractivity contribution >= 4 is 34.2 Å². The highest BCUT2D eigenvalue weighted by Gasteiger charge is 2.18. The highest BCUT2D eigenvalue weighted by atomic mass is 127. The van der Waals surface area contributed by atoms with Gasteiger partial charge in [0.1, 0.15) is 0 Å². The maximum Gasteiger partial charge on any atom is 0.225 e. The summed E-state index contributed by atoms with van der Waals surface area (Å²) in [4.78, 5) is 16.0. The monoisotopic (exact) mass is 396 g/mol. The predicted octanol–water partition coefficient (Wildman–Crippen LogP) is 4.01. The normalized spacial score (nSPS) is 14.3. The molecule has 0 atom stereocenters. The molecule has 112 valence electrons. The standard InChI is InChI=1S/C17H21IN2O/c1-13(2)17(21)19(3)12-16-6-4-5-11-20(16)15-9-7-14(18)8-10-15/h5-11,13H,4,12H2,1-3H3. The van der Waals surface area contributed by atoms with Gasteiger partial charge in [0.15, 0.2) is 0 Å². The van der Waals surface area contributed by atoms with Gasteiger partial charge in [-0.25, -0.2) is 0 Å². The molecule has 0 bridgehead atoms. The lowest BCUT2D eigenvalue weighted by atomic mass is 10.1. The first-order valence-electron chi connectivity index (χ1n) is 7.14. The van der Waals surface area contributed by atoms with Gasteiger partial charge >= 0.3 is 0 Å². The molecule has 1 heterocycles. The van der Waals surface area contributed by atoms with E-state index in [9.17, 15) is 4.79 Å². The number of likely N-dealkylation sites (N-methyl/N-ethyl adjacent to an activating group) is 1. The summed E-state index contributed by atoms with van der Waals surface area (Å²) in [6.07, 6.45) is 7.32. The van der Waals surface area contributed by atoms with E-state index in [4.69, 9.17) is 0 Å². The van der Waals surface area contributed by atoms with Gasteiger partial charge in [-0.3, -0.25) is 4.79 Å². The molecule has 1 aliphatic heterocycles. The fourth-order valence-electron chi connectivity index (χ4n) is 2.32. The summed E-state index contributed by atoms with van der Waals surface area (Å²) in [6.45, 7) is 4.50. The summed E-state index contributed by atoms with van der Waals surface area (Å²) in [5.41, 5.74) is 2.28. The van der Waals surface area contributed by atoms with E-state index in [-0.39, 0.29) is 11.8 Å². The lowest BCUT2D eigenvalue weighted by Gasteiger charge is -2.30. The van der Waals surface area contributed by atoms with E-state index >= 15 is 0 Å². The molecule has 1 aromatic rings. The minimum Gasteiger partial charge on any atom is -0.340 e. The second-order valence-electron chi connectivity index (χ2n) is 5.51. The van der Waals surface area contributed by atoms with Gasteiger partial charge in [0, 0.05) is 34.1 Å². The Bertz CT molecular complexity index is 561. The predicted molar refractivity (Wildman–Crippen MR) is 96.0 cm³/mol. The van der Waals surface area contributed by atoms with Crippen molar-refractivity contribution in [2.24, 2.45) is 5.92 Å². The van der Waals surface area contributed by atoms with Crippen LogP contribution in [0.25, 0.3) is 0 Å². The Kier molecular flexibility index (Phi) is 5.45. The highest BCUT2D eigenvalue weighted by molar-refractivity contribution is 14.1. The second kappa shape index (κ2) is 7.11. The third-order valence-electron chi connectivity index (χ3n) is 3.43. The largest absolute Gasteiger partial charge is 0.340 e. The average molecular weight is 396 g/mol. The summed E-state index contributed by atoms with van der Waals surface area (Å²) in [5.74, 6) is 0.203. The first kappa shape index (κ1) is 16.1. The zero-order chi connectivity index (χ0) is 15.4. The van der Waals surface area contributed by atoms with Gasteiger partial charge in [0.2, 0.25) is 5.91 Å². The van der Waals surface area contributed by atoms with Gasteiger partial charge in [0.25, 0.3) is 0 Å². The summed E-state index contributed by atoms with van der Waals surface area (Å²) in [7, 11) is 1.87. The Morgan fingerprint density at radius 3 is 2.62 bits per heavy atom. The van der Waals surface area contributed by atoms with Gasteiger partial charge in [-0.15, -0.1) is 0 Å². The lowest BCUT2D eigenvalue weighted by molar-refractivity contribution is -0.132. The van der Waals surface area contributed by atoms with Crippen molar-refractivity contribution < 1.29 is 4.79 Å². The van der Waals surface area contributed by atoms with E-state index < -0.39 is 0 Å². The first-order valence-corrected chi connectivity index (χ1v) is 8.22. The molecule has 0 radical (unpaired) electrons. The third-order valence-corrected chi connectivity index (χ3v) is 4.15. The quantitative estimate of drug-likeness (QED) is 0.718. The maximum absolute atomic E-state index is 12.1. The SMILES string of the molecule is CC(C)C(=O)N(C)CC1=CCC=CN1c1ccc(I)cc1. The molecule has 0 saturated heterocycles. The molecule has 1 aliphatic rings. The molecule has 0 saturated carbocycles. The molecule has 2 rings (SSSR count). The van der Waals surface area contributed by atoms with Crippen LogP contribution in [0, 0.1) is 9.49 Å². The zero-order valence-corrected chi connectivity index (χ0v) is 14.9. The van der Waals surface area contributed by atoms with Crippen LogP contribution in [0.5, 0.6) is 0 Å². The molecule has 4 heteroatoms. The van der Waals surface area contributed by atoms with Crippen molar-refractivity contribution in [1.82, 2.24) is 4.90 Å². The van der Waals surface area contributed by atoms with Crippen molar-refractivity contribution in [1.29, 1.82) is 0 Å². The molecule has 0 unspecified atom stereocenters. The van der Waals surface area contributed by atoms with E-state index in [0.29, 0.717) is 6.54 Å². The summed E-state index contributed by atoms with van der Waals surface area (Å²) < 4.78 is 1.22. The number of allylic oxidation sites excluding steroid dienone is 2. The molecular weight excluding hydrogens is 375 g/mol. The van der Waals surface area contributed by atoms with Crippen LogP contribution in [0.3, 0.4) is 0 Å². The Morgan fingerprint density at radius 1 is 1.33 bits per heavy atom. The lowest BCUT2D eigenvalue weighted by Crippen LogP contribution is -2.35. The Morgan fingerprint density at radius 2 is 2.00 bits per heavy atom. The fourth-order valence-corrected chi connectivity index (χ4v) is 2.68. The van der Waals surface area contributed by atoms with Crippen LogP contribution in [0.2, 0.25) is 0 Å². The van der Waals surface area contributed by atoms with E-state index in [2.05, 4.69) is 70.1 Å². The van der Waals surface area contributed by atoms with E-state index in [1.54, 1.807) is 4.90 Å². The fraction of sp³-hybridized carbons (Fsp3) is 0.353. The van der Waals surface area contributed by atoms with Gasteiger partial charge in [-0.2, -0.15) is 0 Å². The van der Waals surface area contributed by atoms with Crippen molar-refractivity contribution in [3.8, 4) is 0 Å². The minimum absolute atomic E-state index is 0.0292. The first-order chi connectivity index (χ1) is 9.99. The second-order valence-corrected chi connectivity index (χ2v) is 6.76. The topological polar surface area (TPSA) is 23.6 Å². The smallest absolute Gasteiger partial charge is 0.225 e. The molecular formula is C17H21IN2O. The summed E-state index contributed by atoms with van der Waals surface area (Å²) in [6, 6.07) is 8.41. The molecule has 0 aromatic heterocycles. The van der Waals surface area contributed by atoms with Crippen molar-refractivity contribution in [3.63, 3.8) is 0 Å². The minimum atomic E-state index is 0.0292. The zero-order valence-electron chi connectivity index (χ0n) is 12.7. The van der Waals surface area contributed by atoms with Gasteiger partial charge in [-0.1, -0.05) is 26.0 Å². The highest BCUT2D eigenvalue weighted by Crippen LogP contribution is 2.24. The number of nitrogens with zero attached hydrogens (tertiary/aromatic N) is 2. The summed E-state index contributed by atoms with van der Waals surface area (Å²) >= 11 is 2.30. The Labute approximate surface area is 140 Å². The van der Waals surface area contributed by atoms with Gasteiger partial charge in [0.05, 0.1) is 6.54 Å². The Hall–Kier alpha value is -1.30. The van der Waals surface area contributed by atoms with Crippen molar-refractivity contribution in [3.05, 3.63) is 51.9 Å². The van der Waals surface area contributed by atoms with Gasteiger partial charge < -0.3 is 9.80 Å². The number of benzene rings is 1. The molecule has 0 fully saturated rings. The molecule has 1 amide bonds. The molecule has 21 heavy (non-hydrogen) atoms. The number of anilines is 1. The number of hydrogen-bond acceptors (Lipinski definition) is 2. The van der Waals surface area contributed by atoms with Crippen LogP contribution in [-0.2, 0) is 4.79 Å². The number of hydrogen-bond donors (Lipinski definition) is 0. The van der Waals surface area contributed by atoms with E-state index in [1.807, 2.05) is 20.9 Å². The van der Waals surface area contributed by atoms with Crippen molar-refractivity contribution in [2.45, 2.75) is 20.3 Å². The number of carbonyl (C=O) groups is 1. The van der Waals surface area contributed by atoms with E-state index in [0.717, 1.165) is 17.8 Å². The van der Waals surface area contributed by atoms with Gasteiger partial charge in [-0.05, 0) is 53.3 Å². The molecule has 0 aliphatic carbocycles. The average Bonchev–Trinajstić information content (AvgIpc) is 2.48. The van der Waals surface area contributed by atoms with Crippen LogP contribution < -0.4 is 4.90 Å². The van der Waals surface area contributed by atoms with Crippen molar-refractivity contribution in [2.75, 3.05) is 18.5 Å². The van der Waals surface area contributed by atoms with Crippen LogP contribution in [-0.4, -0.2) is 24.4 Å².